The van der Waals surface area contributed by atoms with Gasteiger partial charge in [0.1, 0.15) is 40.2 Å². The van der Waals surface area contributed by atoms with E-state index in [9.17, 15) is 16.8 Å². The van der Waals surface area contributed by atoms with Crippen molar-refractivity contribution in [3.63, 3.8) is 0 Å². The van der Waals surface area contributed by atoms with E-state index in [1.54, 1.807) is 104 Å². The highest BCUT2D eigenvalue weighted by Crippen LogP contribution is 2.46. The summed E-state index contributed by atoms with van der Waals surface area (Å²) >= 11 is 0. The number of sulfone groups is 2. The van der Waals surface area contributed by atoms with Crippen LogP contribution in [0.3, 0.4) is 0 Å². The van der Waals surface area contributed by atoms with E-state index in [4.69, 9.17) is 18.9 Å². The van der Waals surface area contributed by atoms with Crippen LogP contribution >= 0.6 is 0 Å². The van der Waals surface area contributed by atoms with Crippen LogP contribution in [0.2, 0.25) is 0 Å². The highest BCUT2D eigenvalue weighted by molar-refractivity contribution is 7.91. The fraction of sp³-hybridized carbons (Fsp3) is 0.143. The Balaban J connectivity index is 0.787. The lowest BCUT2D eigenvalue weighted by Gasteiger charge is -2.38. The zero-order valence-corrected chi connectivity index (χ0v) is 38.2. The monoisotopic (exact) mass is 912 g/mol. The number of rotatable bonds is 14. The van der Waals surface area contributed by atoms with Gasteiger partial charge in [-0.25, -0.2) is 16.8 Å². The molecule has 332 valence electrons. The highest BCUT2D eigenvalue weighted by Gasteiger charge is 2.35. The van der Waals surface area contributed by atoms with E-state index >= 15 is 0 Å². The molecule has 9 rings (SSSR count). The molecule has 0 heterocycles. The predicted molar refractivity (Wildman–Crippen MR) is 257 cm³/mol. The van der Waals surface area contributed by atoms with Gasteiger partial charge in [0.25, 0.3) is 0 Å². The maximum Gasteiger partial charge on any atom is 0.206 e. The molecule has 1 aliphatic carbocycles. The third-order valence-electron chi connectivity index (χ3n) is 12.2. The molecule has 0 aromatic heterocycles. The molecule has 8 aromatic carbocycles. The standard InChI is InChI=1S/C56H48O8S2/c1-40-6-30-52(31-7-40)65(57,58)53-32-24-49(25-33-53)62-46-16-8-41(9-17-46)42-10-18-47(19-11-42)63-50-26-34-54(35-27-50)66(59,60)55-36-28-51(29-37-55)64-48-22-14-44(15-23-48)56(38-4-3-5-39-56)43-12-20-45(61-2)21-13-43/h6-37H,3-5,38-39H2,1-2H3. The van der Waals surface area contributed by atoms with Gasteiger partial charge in [-0.3, -0.25) is 0 Å². The Morgan fingerprint density at radius 2 is 0.621 bits per heavy atom. The van der Waals surface area contributed by atoms with E-state index in [2.05, 4.69) is 24.3 Å². The second kappa shape index (κ2) is 18.8. The van der Waals surface area contributed by atoms with E-state index in [0.717, 1.165) is 35.3 Å². The van der Waals surface area contributed by atoms with Crippen molar-refractivity contribution in [3.8, 4) is 51.4 Å². The van der Waals surface area contributed by atoms with Crippen molar-refractivity contribution >= 4 is 19.7 Å². The summed E-state index contributed by atoms with van der Waals surface area (Å²) in [5, 5.41) is 0. The molecule has 0 aliphatic heterocycles. The summed E-state index contributed by atoms with van der Waals surface area (Å²) < 4.78 is 76.9. The van der Waals surface area contributed by atoms with Crippen molar-refractivity contribution in [3.05, 3.63) is 211 Å². The van der Waals surface area contributed by atoms with E-state index < -0.39 is 19.7 Å². The molecule has 0 atom stereocenters. The van der Waals surface area contributed by atoms with Gasteiger partial charge in [-0.1, -0.05) is 85.5 Å². The molecule has 1 aliphatic rings. The van der Waals surface area contributed by atoms with Gasteiger partial charge in [-0.2, -0.15) is 0 Å². The molecule has 0 N–H and O–H groups in total. The zero-order chi connectivity index (χ0) is 45.7. The number of benzene rings is 8. The van der Waals surface area contributed by atoms with Crippen molar-refractivity contribution in [1.82, 2.24) is 0 Å². The average molecular weight is 913 g/mol. The Labute approximate surface area is 386 Å². The van der Waals surface area contributed by atoms with Gasteiger partial charge >= 0.3 is 0 Å². The first kappa shape index (κ1) is 44.1. The lowest BCUT2D eigenvalue weighted by atomic mass is 9.65. The summed E-state index contributed by atoms with van der Waals surface area (Å²) in [6.45, 7) is 1.91. The number of hydrogen-bond acceptors (Lipinski definition) is 8. The Morgan fingerprint density at radius 3 is 0.939 bits per heavy atom. The molecule has 0 saturated heterocycles. The van der Waals surface area contributed by atoms with E-state index in [0.29, 0.717) is 34.5 Å². The van der Waals surface area contributed by atoms with Crippen molar-refractivity contribution in [2.24, 2.45) is 0 Å². The second-order valence-corrected chi connectivity index (χ2v) is 20.4. The first-order valence-electron chi connectivity index (χ1n) is 21.8. The molecular weight excluding hydrogens is 865 g/mol. The summed E-state index contributed by atoms with van der Waals surface area (Å²) in [6, 6.07) is 57.9. The lowest BCUT2D eigenvalue weighted by molar-refractivity contribution is 0.345. The Morgan fingerprint density at radius 1 is 0.348 bits per heavy atom. The van der Waals surface area contributed by atoms with E-state index in [-0.39, 0.29) is 25.0 Å². The zero-order valence-electron chi connectivity index (χ0n) is 36.6. The van der Waals surface area contributed by atoms with E-state index in [1.807, 2.05) is 79.7 Å². The summed E-state index contributed by atoms with van der Waals surface area (Å²) in [6.07, 6.45) is 5.78. The van der Waals surface area contributed by atoms with Crippen LogP contribution in [0, 0.1) is 6.92 Å². The number of methoxy groups -OCH3 is 1. The molecule has 66 heavy (non-hydrogen) atoms. The quantitative estimate of drug-likeness (QED) is 0.106. The Bertz CT molecular complexity index is 3130. The maximum atomic E-state index is 13.6. The molecule has 1 saturated carbocycles. The Hall–Kier alpha value is -7.14. The Kier molecular flexibility index (Phi) is 12.5. The molecule has 0 bridgehead atoms. The minimum Gasteiger partial charge on any atom is -0.497 e. The average Bonchev–Trinajstić information content (AvgIpc) is 3.35. The largest absolute Gasteiger partial charge is 0.497 e. The SMILES string of the molecule is COc1ccc(C2(c3ccc(Oc4ccc(S(=O)(=O)c5ccc(Oc6ccc(-c7ccc(Oc8ccc(S(=O)(=O)c9ccc(C)cc9)cc8)cc7)cc6)cc5)cc4)cc3)CCCCC2)cc1. The van der Waals surface area contributed by atoms with Gasteiger partial charge in [0.15, 0.2) is 0 Å². The minimum atomic E-state index is -3.80. The lowest BCUT2D eigenvalue weighted by Crippen LogP contribution is -2.30. The normalized spacial score (nSPS) is 13.7. The third kappa shape index (κ3) is 9.47. The molecule has 1 fully saturated rings. The molecule has 8 aromatic rings. The molecule has 10 heteroatoms. The van der Waals surface area contributed by atoms with Crippen molar-refractivity contribution in [2.45, 2.75) is 64.0 Å². The van der Waals surface area contributed by atoms with Crippen LogP contribution in [0.1, 0.15) is 48.8 Å². The summed E-state index contributed by atoms with van der Waals surface area (Å²) in [7, 11) is -5.74. The topological polar surface area (TPSA) is 105 Å². The first-order chi connectivity index (χ1) is 32.0. The summed E-state index contributed by atoms with van der Waals surface area (Å²) in [5.41, 5.74) is 5.42. The van der Waals surface area contributed by atoms with Crippen LogP contribution < -0.4 is 18.9 Å². The number of hydrogen-bond donors (Lipinski definition) is 0. The highest BCUT2D eigenvalue weighted by atomic mass is 32.2. The van der Waals surface area contributed by atoms with Crippen LogP contribution in [0.25, 0.3) is 11.1 Å². The van der Waals surface area contributed by atoms with Gasteiger partial charge in [0.2, 0.25) is 19.7 Å². The van der Waals surface area contributed by atoms with Gasteiger partial charge in [0.05, 0.1) is 26.7 Å². The number of aryl methyl sites for hydroxylation is 1. The third-order valence-corrected chi connectivity index (χ3v) is 15.8. The maximum absolute atomic E-state index is 13.6. The van der Waals surface area contributed by atoms with Crippen LogP contribution in [-0.2, 0) is 25.1 Å². The van der Waals surface area contributed by atoms with Crippen LogP contribution in [0.5, 0.6) is 40.2 Å². The van der Waals surface area contributed by atoms with Gasteiger partial charge in [-0.05, 0) is 175 Å². The fourth-order valence-electron chi connectivity index (χ4n) is 8.54. The van der Waals surface area contributed by atoms with Crippen LogP contribution in [0.15, 0.2) is 214 Å². The molecule has 0 spiro atoms. The van der Waals surface area contributed by atoms with Crippen molar-refractivity contribution in [2.75, 3.05) is 7.11 Å². The fourth-order valence-corrected chi connectivity index (χ4v) is 11.1. The minimum absolute atomic E-state index is 0.0542. The smallest absolute Gasteiger partial charge is 0.206 e. The number of ether oxygens (including phenoxy) is 4. The summed E-state index contributed by atoms with van der Waals surface area (Å²) in [5.74, 6) is 4.29. The molecule has 0 amide bonds. The molecule has 0 unspecified atom stereocenters. The van der Waals surface area contributed by atoms with Crippen LogP contribution in [0.4, 0.5) is 0 Å². The molecule has 8 nitrogen and oxygen atoms in total. The molecule has 0 radical (unpaired) electrons. The van der Waals surface area contributed by atoms with Gasteiger partial charge in [-0.15, -0.1) is 0 Å². The molecular formula is C56H48O8S2. The first-order valence-corrected chi connectivity index (χ1v) is 24.8. The predicted octanol–water partition coefficient (Wildman–Crippen LogP) is 14.0. The summed E-state index contributed by atoms with van der Waals surface area (Å²) in [4.78, 5) is 0.756. The van der Waals surface area contributed by atoms with Crippen LogP contribution in [-0.4, -0.2) is 23.9 Å². The van der Waals surface area contributed by atoms with Crippen molar-refractivity contribution < 1.29 is 35.8 Å². The van der Waals surface area contributed by atoms with Gasteiger partial charge < -0.3 is 18.9 Å². The van der Waals surface area contributed by atoms with Gasteiger partial charge in [0, 0.05) is 5.41 Å². The second-order valence-electron chi connectivity index (χ2n) is 16.5. The van der Waals surface area contributed by atoms with Crippen molar-refractivity contribution in [1.29, 1.82) is 0 Å². The van der Waals surface area contributed by atoms with E-state index in [1.165, 1.54) is 30.4 Å².